The number of hydrogen-bond donors (Lipinski definition) is 2. The van der Waals surface area contributed by atoms with E-state index in [9.17, 15) is 0 Å². The largest absolute Gasteiger partial charge is 0.469 e. The topological polar surface area (TPSA) is 77.5 Å². The van der Waals surface area contributed by atoms with Gasteiger partial charge in [-0.05, 0) is 20.8 Å². The number of ether oxygens (including phenoxy) is 1. The lowest BCUT2D eigenvalue weighted by atomic mass is 10.2. The molecular weight excluding hydrogens is 206 g/mol. The van der Waals surface area contributed by atoms with Crippen molar-refractivity contribution in [2.75, 3.05) is 5.43 Å². The van der Waals surface area contributed by atoms with E-state index < -0.39 is 0 Å². The zero-order valence-corrected chi connectivity index (χ0v) is 9.56. The summed E-state index contributed by atoms with van der Waals surface area (Å²) in [7, 11) is 0. The van der Waals surface area contributed by atoms with Crippen LogP contribution in [-0.4, -0.2) is 20.0 Å². The van der Waals surface area contributed by atoms with E-state index in [0.717, 1.165) is 0 Å². The molecule has 3 N–H and O–H groups in total. The number of hydrazine groups is 1. The fourth-order valence-corrected chi connectivity index (χ4v) is 1.33. The summed E-state index contributed by atoms with van der Waals surface area (Å²) >= 11 is 0. The van der Waals surface area contributed by atoms with Crippen molar-refractivity contribution in [2.45, 2.75) is 26.4 Å². The second-order valence-electron chi connectivity index (χ2n) is 4.45. The van der Waals surface area contributed by atoms with Crippen molar-refractivity contribution in [1.82, 2.24) is 14.4 Å². The highest BCUT2D eigenvalue weighted by Gasteiger charge is 2.17. The Bertz CT molecular complexity index is 499. The number of imidazole rings is 1. The summed E-state index contributed by atoms with van der Waals surface area (Å²) in [4.78, 5) is 8.42. The third kappa shape index (κ3) is 2.06. The molecule has 0 saturated heterocycles. The van der Waals surface area contributed by atoms with Crippen LogP contribution in [0.25, 0.3) is 5.65 Å². The molecule has 0 spiro atoms. The molecule has 2 aromatic rings. The molecule has 0 unspecified atom stereocenters. The first-order chi connectivity index (χ1) is 7.49. The van der Waals surface area contributed by atoms with Gasteiger partial charge >= 0.3 is 0 Å². The zero-order chi connectivity index (χ0) is 11.8. The molecule has 6 heteroatoms. The molecule has 2 rings (SSSR count). The van der Waals surface area contributed by atoms with E-state index in [1.807, 2.05) is 31.4 Å². The SMILES string of the molecule is CC(C)(C)Oc1nc(NN)cn2ccnc12. The van der Waals surface area contributed by atoms with Crippen LogP contribution in [0.2, 0.25) is 0 Å². The van der Waals surface area contributed by atoms with Gasteiger partial charge in [0.1, 0.15) is 5.60 Å². The predicted octanol–water partition coefficient (Wildman–Crippen LogP) is 1.19. The summed E-state index contributed by atoms with van der Waals surface area (Å²) in [5.74, 6) is 6.34. The van der Waals surface area contributed by atoms with Crippen molar-refractivity contribution >= 4 is 11.5 Å². The van der Waals surface area contributed by atoms with E-state index in [1.165, 1.54) is 0 Å². The minimum atomic E-state index is -0.327. The average molecular weight is 221 g/mol. The number of rotatable bonds is 2. The molecule has 2 heterocycles. The second-order valence-corrected chi connectivity index (χ2v) is 4.45. The molecule has 0 aromatic carbocycles. The third-order valence-electron chi connectivity index (χ3n) is 1.89. The highest BCUT2D eigenvalue weighted by atomic mass is 16.5. The first-order valence-corrected chi connectivity index (χ1v) is 4.99. The normalized spacial score (nSPS) is 11.8. The van der Waals surface area contributed by atoms with Gasteiger partial charge < -0.3 is 10.2 Å². The predicted molar refractivity (Wildman–Crippen MR) is 61.2 cm³/mol. The fraction of sp³-hybridized carbons (Fsp3) is 0.400. The summed E-state index contributed by atoms with van der Waals surface area (Å²) < 4.78 is 7.53. The van der Waals surface area contributed by atoms with Crippen LogP contribution >= 0.6 is 0 Å². The summed E-state index contributed by atoms with van der Waals surface area (Å²) in [6, 6.07) is 0. The summed E-state index contributed by atoms with van der Waals surface area (Å²) in [6.07, 6.45) is 5.25. The molecule has 0 atom stereocenters. The lowest BCUT2D eigenvalue weighted by molar-refractivity contribution is 0.126. The van der Waals surface area contributed by atoms with Gasteiger partial charge in [-0.3, -0.25) is 4.40 Å². The lowest BCUT2D eigenvalue weighted by Gasteiger charge is -2.20. The Kier molecular flexibility index (Phi) is 2.43. The van der Waals surface area contributed by atoms with Gasteiger partial charge in [0.05, 0.1) is 6.20 Å². The monoisotopic (exact) mass is 221 g/mol. The van der Waals surface area contributed by atoms with Crippen LogP contribution in [0.4, 0.5) is 5.82 Å². The van der Waals surface area contributed by atoms with Gasteiger partial charge in [0.2, 0.25) is 5.65 Å². The quantitative estimate of drug-likeness (QED) is 0.588. The van der Waals surface area contributed by atoms with Crippen molar-refractivity contribution < 1.29 is 4.74 Å². The number of nitrogens with zero attached hydrogens (tertiary/aromatic N) is 3. The van der Waals surface area contributed by atoms with Crippen LogP contribution in [0.15, 0.2) is 18.6 Å². The van der Waals surface area contributed by atoms with Crippen LogP contribution in [-0.2, 0) is 0 Å². The van der Waals surface area contributed by atoms with Gasteiger partial charge in [-0.15, -0.1) is 0 Å². The zero-order valence-electron chi connectivity index (χ0n) is 9.56. The smallest absolute Gasteiger partial charge is 0.260 e. The maximum Gasteiger partial charge on any atom is 0.260 e. The van der Waals surface area contributed by atoms with Crippen molar-refractivity contribution in [3.8, 4) is 5.88 Å². The van der Waals surface area contributed by atoms with E-state index in [2.05, 4.69) is 15.4 Å². The van der Waals surface area contributed by atoms with E-state index in [-0.39, 0.29) is 5.60 Å². The van der Waals surface area contributed by atoms with Crippen LogP contribution < -0.4 is 16.0 Å². The summed E-state index contributed by atoms with van der Waals surface area (Å²) in [5.41, 5.74) is 2.84. The Labute approximate surface area is 93.4 Å². The standard InChI is InChI=1S/C10H15N5O/c1-10(2,3)16-9-8-12-4-5-15(8)6-7(13-9)14-11/h4-6,14H,11H2,1-3H3. The molecule has 16 heavy (non-hydrogen) atoms. The summed E-state index contributed by atoms with van der Waals surface area (Å²) in [5, 5.41) is 0. The molecular formula is C10H15N5O. The molecule has 0 fully saturated rings. The second kappa shape index (κ2) is 3.64. The first kappa shape index (κ1) is 10.7. The number of fused-ring (bicyclic) bond motifs is 1. The van der Waals surface area contributed by atoms with E-state index in [1.54, 1.807) is 12.4 Å². The highest BCUT2D eigenvalue weighted by Crippen LogP contribution is 2.22. The van der Waals surface area contributed by atoms with Crippen molar-refractivity contribution in [1.29, 1.82) is 0 Å². The number of nitrogens with two attached hydrogens (primary N) is 1. The molecule has 0 aliphatic carbocycles. The molecule has 0 radical (unpaired) electrons. The van der Waals surface area contributed by atoms with Gasteiger partial charge in [0, 0.05) is 12.4 Å². The van der Waals surface area contributed by atoms with Gasteiger partial charge in [0.15, 0.2) is 5.82 Å². The Hall–Kier alpha value is -1.82. The molecule has 6 nitrogen and oxygen atoms in total. The van der Waals surface area contributed by atoms with E-state index in [0.29, 0.717) is 17.3 Å². The van der Waals surface area contributed by atoms with Crippen molar-refractivity contribution in [2.24, 2.45) is 5.84 Å². The van der Waals surface area contributed by atoms with Crippen LogP contribution in [0.1, 0.15) is 20.8 Å². The minimum Gasteiger partial charge on any atom is -0.469 e. The van der Waals surface area contributed by atoms with Crippen molar-refractivity contribution in [3.05, 3.63) is 18.6 Å². The maximum atomic E-state index is 5.73. The Morgan fingerprint density at radius 3 is 2.81 bits per heavy atom. The number of nitrogens with one attached hydrogen (secondary N) is 1. The number of aromatic nitrogens is 3. The molecule has 0 aliphatic rings. The molecule has 0 bridgehead atoms. The minimum absolute atomic E-state index is 0.327. The van der Waals surface area contributed by atoms with Crippen LogP contribution in [0, 0.1) is 0 Å². The third-order valence-corrected chi connectivity index (χ3v) is 1.89. The van der Waals surface area contributed by atoms with Crippen molar-refractivity contribution in [3.63, 3.8) is 0 Å². The fourth-order valence-electron chi connectivity index (χ4n) is 1.33. The summed E-state index contributed by atoms with van der Waals surface area (Å²) in [6.45, 7) is 5.87. The number of anilines is 1. The van der Waals surface area contributed by atoms with E-state index in [4.69, 9.17) is 10.6 Å². The van der Waals surface area contributed by atoms with Gasteiger partial charge in [-0.25, -0.2) is 10.8 Å². The van der Waals surface area contributed by atoms with Crippen LogP contribution in [0.5, 0.6) is 5.88 Å². The average Bonchev–Trinajstić information content (AvgIpc) is 2.63. The first-order valence-electron chi connectivity index (χ1n) is 4.99. The number of hydrogen-bond acceptors (Lipinski definition) is 5. The molecule has 0 amide bonds. The highest BCUT2D eigenvalue weighted by molar-refractivity contribution is 5.53. The van der Waals surface area contributed by atoms with Gasteiger partial charge in [-0.1, -0.05) is 0 Å². The van der Waals surface area contributed by atoms with Crippen LogP contribution in [0.3, 0.4) is 0 Å². The van der Waals surface area contributed by atoms with Gasteiger partial charge in [0.25, 0.3) is 5.88 Å². The van der Waals surface area contributed by atoms with E-state index >= 15 is 0 Å². The van der Waals surface area contributed by atoms with Gasteiger partial charge in [-0.2, -0.15) is 4.98 Å². The Balaban J connectivity index is 2.52. The molecule has 0 aliphatic heterocycles. The Morgan fingerprint density at radius 2 is 2.19 bits per heavy atom. The Morgan fingerprint density at radius 1 is 1.44 bits per heavy atom. The molecule has 0 saturated carbocycles. The molecule has 2 aromatic heterocycles. The molecule has 86 valence electrons. The maximum absolute atomic E-state index is 5.73. The number of nitrogen functional groups attached to an aromatic ring is 1. The lowest BCUT2D eigenvalue weighted by Crippen LogP contribution is -2.24.